The van der Waals surface area contributed by atoms with Crippen LogP contribution in [0.5, 0.6) is 5.75 Å². The molecule has 1 N–H and O–H groups in total. The summed E-state index contributed by atoms with van der Waals surface area (Å²) in [5.74, 6) is 0.122. The highest BCUT2D eigenvalue weighted by atomic mass is 35.5. The molecule has 0 spiro atoms. The first-order chi connectivity index (χ1) is 11.7. The topological polar surface area (TPSA) is 75.7 Å². The maximum Gasteiger partial charge on any atom is 0.245 e. The van der Waals surface area contributed by atoms with Gasteiger partial charge in [-0.2, -0.15) is 0 Å². The first kappa shape index (κ1) is 19.1. The number of anilines is 2. The van der Waals surface area contributed by atoms with Gasteiger partial charge >= 0.3 is 0 Å². The van der Waals surface area contributed by atoms with Crippen LogP contribution in [-0.4, -0.2) is 34.2 Å². The molecule has 0 atom stereocenters. The van der Waals surface area contributed by atoms with Crippen LogP contribution in [-0.2, 0) is 14.8 Å². The van der Waals surface area contributed by atoms with Crippen LogP contribution in [0.3, 0.4) is 0 Å². The van der Waals surface area contributed by atoms with Crippen molar-refractivity contribution in [3.05, 3.63) is 53.1 Å². The molecule has 0 unspecified atom stereocenters. The average molecular weight is 383 g/mol. The summed E-state index contributed by atoms with van der Waals surface area (Å²) >= 11 is 6.03. The van der Waals surface area contributed by atoms with Gasteiger partial charge in [0.15, 0.2) is 0 Å². The lowest BCUT2D eigenvalue weighted by Crippen LogP contribution is -2.37. The Morgan fingerprint density at radius 3 is 2.36 bits per heavy atom. The molecule has 1 amide bonds. The minimum atomic E-state index is -3.63. The smallest absolute Gasteiger partial charge is 0.245 e. The highest BCUT2D eigenvalue weighted by Gasteiger charge is 2.21. The second-order valence-electron chi connectivity index (χ2n) is 5.48. The van der Waals surface area contributed by atoms with Crippen LogP contribution in [0.2, 0.25) is 5.02 Å². The summed E-state index contributed by atoms with van der Waals surface area (Å²) in [5, 5.41) is 3.17. The van der Waals surface area contributed by atoms with Crippen LogP contribution in [0.1, 0.15) is 5.56 Å². The fourth-order valence-corrected chi connectivity index (χ4v) is 3.19. The predicted molar refractivity (Wildman–Crippen MR) is 100 cm³/mol. The van der Waals surface area contributed by atoms with Gasteiger partial charge in [0.25, 0.3) is 0 Å². The van der Waals surface area contributed by atoms with Crippen LogP contribution in [0, 0.1) is 6.92 Å². The van der Waals surface area contributed by atoms with E-state index in [9.17, 15) is 13.2 Å². The number of hydrogen-bond donors (Lipinski definition) is 1. The molecule has 134 valence electrons. The van der Waals surface area contributed by atoms with Gasteiger partial charge in [0.2, 0.25) is 15.9 Å². The van der Waals surface area contributed by atoms with Crippen LogP contribution in [0.25, 0.3) is 0 Å². The van der Waals surface area contributed by atoms with Crippen molar-refractivity contribution >= 4 is 38.9 Å². The van der Waals surface area contributed by atoms with Gasteiger partial charge in [-0.3, -0.25) is 9.10 Å². The van der Waals surface area contributed by atoms with Gasteiger partial charge in [-0.1, -0.05) is 17.7 Å². The maximum absolute atomic E-state index is 12.3. The molecule has 0 aliphatic heterocycles. The molecule has 0 aliphatic rings. The molecule has 0 bridgehead atoms. The van der Waals surface area contributed by atoms with E-state index in [-0.39, 0.29) is 6.54 Å². The van der Waals surface area contributed by atoms with Crippen molar-refractivity contribution in [1.29, 1.82) is 0 Å². The first-order valence-electron chi connectivity index (χ1n) is 7.38. The number of halogens is 1. The van der Waals surface area contributed by atoms with Gasteiger partial charge in [-0.05, 0) is 48.9 Å². The lowest BCUT2D eigenvalue weighted by Gasteiger charge is -2.22. The van der Waals surface area contributed by atoms with E-state index in [1.165, 1.54) is 7.11 Å². The van der Waals surface area contributed by atoms with Gasteiger partial charge in [0.1, 0.15) is 12.3 Å². The number of rotatable bonds is 6. The Hall–Kier alpha value is -2.25. The zero-order valence-corrected chi connectivity index (χ0v) is 15.7. The summed E-state index contributed by atoms with van der Waals surface area (Å²) in [5.41, 5.74) is 1.76. The Bertz CT molecular complexity index is 867. The molecular weight excluding hydrogens is 364 g/mol. The van der Waals surface area contributed by atoms with Crippen molar-refractivity contribution in [3.8, 4) is 5.75 Å². The summed E-state index contributed by atoms with van der Waals surface area (Å²) in [6.45, 7) is 1.50. The van der Waals surface area contributed by atoms with Gasteiger partial charge in [-0.25, -0.2) is 8.42 Å². The Morgan fingerprint density at radius 2 is 1.84 bits per heavy atom. The number of nitrogens with one attached hydrogen (secondary N) is 1. The Balaban J connectivity index is 2.18. The predicted octanol–water partition coefficient (Wildman–Crippen LogP) is 3.06. The zero-order valence-electron chi connectivity index (χ0n) is 14.1. The molecule has 0 aromatic heterocycles. The summed E-state index contributed by atoms with van der Waals surface area (Å²) in [4.78, 5) is 12.3. The van der Waals surface area contributed by atoms with E-state index in [1.807, 2.05) is 6.92 Å². The van der Waals surface area contributed by atoms with E-state index in [1.54, 1.807) is 42.5 Å². The van der Waals surface area contributed by atoms with Crippen molar-refractivity contribution in [2.45, 2.75) is 6.92 Å². The number of sulfonamides is 1. The second-order valence-corrected chi connectivity index (χ2v) is 7.79. The number of benzene rings is 2. The number of nitrogens with zero attached hydrogens (tertiary/aromatic N) is 1. The molecule has 2 aromatic carbocycles. The third kappa shape index (κ3) is 5.11. The molecule has 2 rings (SSSR count). The van der Waals surface area contributed by atoms with E-state index in [0.29, 0.717) is 22.1 Å². The SMILES string of the molecule is COc1ccc(N(CC(=O)Nc2ccc(C)c(Cl)c2)S(C)(=O)=O)cc1. The molecule has 0 saturated carbocycles. The normalized spacial score (nSPS) is 11.0. The van der Waals surface area contributed by atoms with Crippen molar-refractivity contribution in [3.63, 3.8) is 0 Å². The quantitative estimate of drug-likeness (QED) is 0.833. The number of carbonyl (C=O) groups is 1. The number of amides is 1. The molecule has 0 radical (unpaired) electrons. The highest BCUT2D eigenvalue weighted by Crippen LogP contribution is 2.22. The third-order valence-electron chi connectivity index (χ3n) is 3.50. The number of methoxy groups -OCH3 is 1. The van der Waals surface area contributed by atoms with E-state index in [4.69, 9.17) is 16.3 Å². The largest absolute Gasteiger partial charge is 0.497 e. The minimum absolute atomic E-state index is 0.351. The fraction of sp³-hybridized carbons (Fsp3) is 0.235. The number of aryl methyl sites for hydroxylation is 1. The van der Waals surface area contributed by atoms with E-state index < -0.39 is 15.9 Å². The molecule has 0 fully saturated rings. The number of hydrogen-bond acceptors (Lipinski definition) is 4. The van der Waals surface area contributed by atoms with Crippen molar-refractivity contribution in [2.75, 3.05) is 29.5 Å². The van der Waals surface area contributed by atoms with Gasteiger partial charge in [0, 0.05) is 10.7 Å². The van der Waals surface area contributed by atoms with Gasteiger partial charge in [-0.15, -0.1) is 0 Å². The third-order valence-corrected chi connectivity index (χ3v) is 5.05. The summed E-state index contributed by atoms with van der Waals surface area (Å²) in [6.07, 6.45) is 1.05. The lowest BCUT2D eigenvalue weighted by atomic mass is 10.2. The number of carbonyl (C=O) groups excluding carboxylic acids is 1. The lowest BCUT2D eigenvalue weighted by molar-refractivity contribution is -0.114. The van der Waals surface area contributed by atoms with Crippen LogP contribution < -0.4 is 14.4 Å². The summed E-state index contributed by atoms with van der Waals surface area (Å²) in [7, 11) is -2.12. The Labute approximate surface area is 152 Å². The van der Waals surface area contributed by atoms with Crippen LogP contribution >= 0.6 is 11.6 Å². The monoisotopic (exact) mass is 382 g/mol. The van der Waals surface area contributed by atoms with E-state index >= 15 is 0 Å². The molecule has 0 heterocycles. The van der Waals surface area contributed by atoms with Crippen LogP contribution in [0.4, 0.5) is 11.4 Å². The van der Waals surface area contributed by atoms with Crippen molar-refractivity contribution < 1.29 is 17.9 Å². The molecule has 8 heteroatoms. The minimum Gasteiger partial charge on any atom is -0.497 e. The molecule has 6 nitrogen and oxygen atoms in total. The molecule has 0 aliphatic carbocycles. The van der Waals surface area contributed by atoms with Crippen molar-refractivity contribution in [2.24, 2.45) is 0 Å². The Kier molecular flexibility index (Phi) is 5.92. The van der Waals surface area contributed by atoms with E-state index in [0.717, 1.165) is 16.1 Å². The molecular formula is C17H19ClN2O4S. The van der Waals surface area contributed by atoms with Gasteiger partial charge in [0.05, 0.1) is 19.1 Å². The average Bonchev–Trinajstić information content (AvgIpc) is 2.55. The molecule has 25 heavy (non-hydrogen) atoms. The summed E-state index contributed by atoms with van der Waals surface area (Å²) < 4.78 is 30.2. The van der Waals surface area contributed by atoms with E-state index in [2.05, 4.69) is 5.32 Å². The van der Waals surface area contributed by atoms with Crippen molar-refractivity contribution in [1.82, 2.24) is 0 Å². The standard InChI is InChI=1S/C17H19ClN2O4S/c1-12-4-5-13(10-16(12)18)19-17(21)11-20(25(3,22)23)14-6-8-15(24-2)9-7-14/h4-10H,11H2,1-3H3,(H,19,21). The summed E-state index contributed by atoms with van der Waals surface area (Å²) in [6, 6.07) is 11.5. The first-order valence-corrected chi connectivity index (χ1v) is 9.61. The van der Waals surface area contributed by atoms with Gasteiger partial charge < -0.3 is 10.1 Å². The maximum atomic E-state index is 12.3. The highest BCUT2D eigenvalue weighted by molar-refractivity contribution is 7.92. The number of ether oxygens (including phenoxy) is 1. The Morgan fingerprint density at radius 1 is 1.20 bits per heavy atom. The fourth-order valence-electron chi connectivity index (χ4n) is 2.15. The second kappa shape index (κ2) is 7.76. The van der Waals surface area contributed by atoms with Crippen LogP contribution in [0.15, 0.2) is 42.5 Å². The molecule has 2 aromatic rings. The molecule has 0 saturated heterocycles. The zero-order chi connectivity index (χ0) is 18.6.